The number of benzene rings is 1. The number of allylic oxidation sites excluding steroid dienone is 2. The highest BCUT2D eigenvalue weighted by molar-refractivity contribution is 6.38. The molecule has 144 valence electrons. The van der Waals surface area contributed by atoms with Crippen LogP contribution in [0.15, 0.2) is 58.7 Å². The van der Waals surface area contributed by atoms with Gasteiger partial charge in [0.1, 0.15) is 22.8 Å². The lowest BCUT2D eigenvalue weighted by Crippen LogP contribution is -2.54. The van der Waals surface area contributed by atoms with Gasteiger partial charge in [0.2, 0.25) is 0 Å². The number of methoxy groups -OCH3 is 1. The largest absolute Gasteiger partial charge is 0.495 e. The number of urea groups is 1. The van der Waals surface area contributed by atoms with Crippen LogP contribution in [0.3, 0.4) is 0 Å². The number of barbiturate groups is 1. The zero-order chi connectivity index (χ0) is 20.1. The zero-order valence-corrected chi connectivity index (χ0v) is 15.3. The van der Waals surface area contributed by atoms with Crippen molar-refractivity contribution >= 4 is 29.6 Å². The van der Waals surface area contributed by atoms with Gasteiger partial charge in [0.15, 0.2) is 0 Å². The van der Waals surface area contributed by atoms with Crippen LogP contribution in [0.1, 0.15) is 12.7 Å². The van der Waals surface area contributed by atoms with Crippen LogP contribution >= 0.6 is 0 Å². The molecule has 0 radical (unpaired) electrons. The second-order valence-corrected chi connectivity index (χ2v) is 5.62. The summed E-state index contributed by atoms with van der Waals surface area (Å²) in [4.78, 5) is 38.3. The molecule has 8 heteroatoms. The Bertz CT molecular complexity index is 959. The molecule has 1 N–H and O–H groups in total. The molecule has 3 rings (SSSR count). The first-order valence-electron chi connectivity index (χ1n) is 8.47. The Balaban J connectivity index is 1.97. The second-order valence-electron chi connectivity index (χ2n) is 5.62. The molecule has 4 amide bonds. The van der Waals surface area contributed by atoms with E-state index in [4.69, 9.17) is 13.9 Å². The predicted molar refractivity (Wildman–Crippen MR) is 101 cm³/mol. The summed E-state index contributed by atoms with van der Waals surface area (Å²) >= 11 is 0. The smallest absolute Gasteiger partial charge is 0.336 e. The lowest BCUT2D eigenvalue weighted by molar-refractivity contribution is -0.122. The van der Waals surface area contributed by atoms with Gasteiger partial charge in [-0.25, -0.2) is 9.69 Å². The normalized spacial score (nSPS) is 16.0. The number of carbonyl (C=O) groups excluding carboxylic acids is 3. The molecule has 0 spiro atoms. The summed E-state index contributed by atoms with van der Waals surface area (Å²) in [5.41, 5.74) is -0.0318. The van der Waals surface area contributed by atoms with E-state index in [2.05, 4.69) is 5.32 Å². The van der Waals surface area contributed by atoms with Crippen LogP contribution in [0.5, 0.6) is 11.5 Å². The van der Waals surface area contributed by atoms with E-state index < -0.39 is 17.8 Å². The van der Waals surface area contributed by atoms with Crippen LogP contribution in [-0.4, -0.2) is 31.6 Å². The van der Waals surface area contributed by atoms with Crippen LogP contribution in [0.4, 0.5) is 10.5 Å². The summed E-state index contributed by atoms with van der Waals surface area (Å²) in [7, 11) is 1.42. The Labute approximate surface area is 161 Å². The van der Waals surface area contributed by atoms with Gasteiger partial charge in [0.05, 0.1) is 25.7 Å². The number of nitrogens with one attached hydrogen (secondary N) is 1. The van der Waals surface area contributed by atoms with Crippen molar-refractivity contribution in [3.8, 4) is 11.5 Å². The molecule has 2 heterocycles. The maximum absolute atomic E-state index is 12.9. The van der Waals surface area contributed by atoms with Gasteiger partial charge in [0, 0.05) is 6.07 Å². The number of hydrogen-bond donors (Lipinski definition) is 1. The third kappa shape index (κ3) is 3.80. The molecule has 1 aliphatic rings. The van der Waals surface area contributed by atoms with Crippen molar-refractivity contribution in [2.45, 2.75) is 6.92 Å². The first kappa shape index (κ1) is 19.0. The number of ether oxygens (including phenoxy) is 2. The lowest BCUT2D eigenvalue weighted by Gasteiger charge is -2.27. The average molecular weight is 382 g/mol. The number of imide groups is 2. The fraction of sp³-hybridized carbons (Fsp3) is 0.150. The highest BCUT2D eigenvalue weighted by Crippen LogP contribution is 2.34. The van der Waals surface area contributed by atoms with Crippen molar-refractivity contribution < 1.29 is 28.3 Å². The first-order valence-corrected chi connectivity index (χ1v) is 8.47. The Morgan fingerprint density at radius 1 is 1.21 bits per heavy atom. The number of carbonyl (C=O) groups is 3. The highest BCUT2D eigenvalue weighted by Gasteiger charge is 2.38. The molecule has 2 aromatic rings. The number of nitrogens with zero attached hydrogens (tertiary/aromatic N) is 1. The summed E-state index contributed by atoms with van der Waals surface area (Å²) in [5, 5.41) is 2.16. The number of rotatable bonds is 6. The number of hydrogen-bond acceptors (Lipinski definition) is 6. The molecule has 0 atom stereocenters. The van der Waals surface area contributed by atoms with E-state index in [0.717, 1.165) is 4.90 Å². The summed E-state index contributed by atoms with van der Waals surface area (Å²) in [6.45, 7) is 2.22. The van der Waals surface area contributed by atoms with Gasteiger partial charge >= 0.3 is 6.03 Å². The van der Waals surface area contributed by atoms with Gasteiger partial charge in [-0.1, -0.05) is 6.08 Å². The van der Waals surface area contributed by atoms with Crippen molar-refractivity contribution in [2.24, 2.45) is 0 Å². The van der Waals surface area contributed by atoms with E-state index in [1.165, 1.54) is 31.6 Å². The van der Waals surface area contributed by atoms with E-state index in [-0.39, 0.29) is 17.0 Å². The molecular formula is C20H18N2O6. The molecule has 8 nitrogen and oxygen atoms in total. The topological polar surface area (TPSA) is 98.1 Å². The molecule has 0 aliphatic carbocycles. The van der Waals surface area contributed by atoms with Crippen molar-refractivity contribution in [3.05, 3.63) is 60.1 Å². The minimum atomic E-state index is -0.867. The van der Waals surface area contributed by atoms with Crippen molar-refractivity contribution in [2.75, 3.05) is 18.6 Å². The average Bonchev–Trinajstić information content (AvgIpc) is 3.18. The summed E-state index contributed by atoms with van der Waals surface area (Å²) in [5.74, 6) is -0.259. The van der Waals surface area contributed by atoms with Crippen LogP contribution in [0.2, 0.25) is 0 Å². The summed E-state index contributed by atoms with van der Waals surface area (Å²) < 4.78 is 15.8. The van der Waals surface area contributed by atoms with E-state index >= 15 is 0 Å². The molecule has 0 unspecified atom stereocenters. The van der Waals surface area contributed by atoms with Crippen molar-refractivity contribution in [1.29, 1.82) is 0 Å². The fourth-order valence-corrected chi connectivity index (χ4v) is 2.62. The lowest BCUT2D eigenvalue weighted by atomic mass is 10.1. The van der Waals surface area contributed by atoms with Gasteiger partial charge in [0.25, 0.3) is 11.8 Å². The second kappa shape index (κ2) is 8.26. The molecule has 28 heavy (non-hydrogen) atoms. The van der Waals surface area contributed by atoms with Gasteiger partial charge in [-0.3, -0.25) is 14.9 Å². The monoisotopic (exact) mass is 382 g/mol. The quantitative estimate of drug-likeness (QED) is 0.609. The molecule has 1 aromatic heterocycles. The van der Waals surface area contributed by atoms with Gasteiger partial charge in [-0.05, 0) is 43.3 Å². The van der Waals surface area contributed by atoms with Gasteiger partial charge in [-0.2, -0.15) is 0 Å². The minimum absolute atomic E-state index is 0.171. The summed E-state index contributed by atoms with van der Waals surface area (Å²) in [6, 6.07) is 7.31. The maximum atomic E-state index is 12.9. The standard InChI is InChI=1S/C20H18N2O6/c1-3-27-14-9-10-17(26-2)16(12-14)22-19(24)15(18(23)21-20(22)25)8-4-6-13-7-5-11-28-13/h4-12H,3H2,1-2H3,(H,21,23,25)/b6-4+,15-8-. The number of furan rings is 1. The van der Waals surface area contributed by atoms with Crippen molar-refractivity contribution in [3.63, 3.8) is 0 Å². The fourth-order valence-electron chi connectivity index (χ4n) is 2.62. The van der Waals surface area contributed by atoms with Crippen molar-refractivity contribution in [1.82, 2.24) is 5.32 Å². The molecular weight excluding hydrogens is 364 g/mol. The Kier molecular flexibility index (Phi) is 5.59. The van der Waals surface area contributed by atoms with E-state index in [1.807, 2.05) is 6.92 Å². The molecule has 1 aliphatic heterocycles. The van der Waals surface area contributed by atoms with Crippen LogP contribution in [0.25, 0.3) is 6.08 Å². The molecule has 0 bridgehead atoms. The Hall–Kier alpha value is -3.81. The highest BCUT2D eigenvalue weighted by atomic mass is 16.5. The third-order valence-corrected chi connectivity index (χ3v) is 3.87. The zero-order valence-electron chi connectivity index (χ0n) is 15.3. The van der Waals surface area contributed by atoms with E-state index in [1.54, 1.807) is 30.3 Å². The molecule has 1 aromatic carbocycles. The summed E-state index contributed by atoms with van der Waals surface area (Å²) in [6.07, 6.45) is 5.90. The van der Waals surface area contributed by atoms with E-state index in [0.29, 0.717) is 18.1 Å². The molecule has 1 fully saturated rings. The number of amides is 4. The Morgan fingerprint density at radius 2 is 2.04 bits per heavy atom. The minimum Gasteiger partial charge on any atom is -0.495 e. The third-order valence-electron chi connectivity index (χ3n) is 3.87. The van der Waals surface area contributed by atoms with Gasteiger partial charge < -0.3 is 13.9 Å². The molecule has 0 saturated carbocycles. The Morgan fingerprint density at radius 3 is 2.71 bits per heavy atom. The van der Waals surface area contributed by atoms with Crippen LogP contribution in [-0.2, 0) is 9.59 Å². The van der Waals surface area contributed by atoms with Crippen LogP contribution < -0.4 is 19.7 Å². The molecule has 1 saturated heterocycles. The van der Waals surface area contributed by atoms with E-state index in [9.17, 15) is 14.4 Å². The van der Waals surface area contributed by atoms with Crippen LogP contribution in [0, 0.1) is 0 Å². The number of anilines is 1. The first-order chi connectivity index (χ1) is 13.5. The van der Waals surface area contributed by atoms with Gasteiger partial charge in [-0.15, -0.1) is 0 Å². The predicted octanol–water partition coefficient (Wildman–Crippen LogP) is 2.91. The maximum Gasteiger partial charge on any atom is 0.336 e. The SMILES string of the molecule is CCOc1ccc(OC)c(N2C(=O)NC(=O)/C(=C/C=C/c3ccco3)C2=O)c1.